The van der Waals surface area contributed by atoms with Crippen LogP contribution in [0.5, 0.6) is 0 Å². The third kappa shape index (κ3) is 4.25. The van der Waals surface area contributed by atoms with E-state index in [1.54, 1.807) is 17.4 Å². The minimum absolute atomic E-state index is 0.0730. The molecule has 26 heavy (non-hydrogen) atoms. The van der Waals surface area contributed by atoms with Crippen LogP contribution >= 0.6 is 11.3 Å². The number of non-ortho nitro benzene ring substituents is 1. The third-order valence-corrected chi connectivity index (χ3v) is 4.77. The van der Waals surface area contributed by atoms with Gasteiger partial charge in [-0.25, -0.2) is 4.79 Å². The molecule has 1 heterocycles. The van der Waals surface area contributed by atoms with Crippen LogP contribution in [0.4, 0.5) is 16.2 Å². The van der Waals surface area contributed by atoms with Gasteiger partial charge in [-0.1, -0.05) is 42.0 Å². The van der Waals surface area contributed by atoms with E-state index in [1.165, 1.54) is 18.2 Å². The Morgan fingerprint density at radius 1 is 1.12 bits per heavy atom. The van der Waals surface area contributed by atoms with Crippen molar-refractivity contribution >= 4 is 28.7 Å². The Bertz CT molecular complexity index is 908. The topological polar surface area (TPSA) is 84.3 Å². The van der Waals surface area contributed by atoms with Gasteiger partial charge in [0.1, 0.15) is 0 Å². The van der Waals surface area contributed by atoms with Gasteiger partial charge in [-0.15, -0.1) is 11.3 Å². The lowest BCUT2D eigenvalue weighted by Gasteiger charge is -2.19. The van der Waals surface area contributed by atoms with Crippen LogP contribution in [-0.4, -0.2) is 11.0 Å². The van der Waals surface area contributed by atoms with Crippen molar-refractivity contribution in [1.29, 1.82) is 0 Å². The lowest BCUT2D eigenvalue weighted by molar-refractivity contribution is -0.384. The first-order chi connectivity index (χ1) is 12.5. The summed E-state index contributed by atoms with van der Waals surface area (Å²) in [7, 11) is 0. The number of carbonyl (C=O) groups excluding carboxylic acids is 1. The number of anilines is 1. The number of nitrogens with zero attached hydrogens (tertiary/aromatic N) is 1. The zero-order valence-corrected chi connectivity index (χ0v) is 14.8. The molecule has 0 fully saturated rings. The number of thiophene rings is 1. The van der Waals surface area contributed by atoms with E-state index in [0.717, 1.165) is 16.0 Å². The number of amides is 2. The van der Waals surface area contributed by atoms with Gasteiger partial charge in [0.05, 0.1) is 11.0 Å². The second kappa shape index (κ2) is 7.79. The summed E-state index contributed by atoms with van der Waals surface area (Å²) >= 11 is 1.55. The van der Waals surface area contributed by atoms with Gasteiger partial charge in [-0.3, -0.25) is 10.1 Å². The van der Waals surface area contributed by atoms with Crippen LogP contribution in [0, 0.1) is 17.0 Å². The first-order valence-corrected chi connectivity index (χ1v) is 8.83. The van der Waals surface area contributed by atoms with E-state index in [0.29, 0.717) is 5.69 Å². The van der Waals surface area contributed by atoms with E-state index >= 15 is 0 Å². The van der Waals surface area contributed by atoms with Crippen LogP contribution in [0.1, 0.15) is 22.0 Å². The van der Waals surface area contributed by atoms with Crippen molar-refractivity contribution in [2.45, 2.75) is 13.0 Å². The highest BCUT2D eigenvalue weighted by Crippen LogP contribution is 2.26. The van der Waals surface area contributed by atoms with Crippen LogP contribution in [0.3, 0.4) is 0 Å². The van der Waals surface area contributed by atoms with Crippen molar-refractivity contribution in [3.8, 4) is 0 Å². The Kier molecular flexibility index (Phi) is 5.28. The number of nitro groups is 1. The molecule has 0 aliphatic heterocycles. The summed E-state index contributed by atoms with van der Waals surface area (Å²) in [6.07, 6.45) is 0. The molecule has 2 N–H and O–H groups in total. The van der Waals surface area contributed by atoms with Gasteiger partial charge < -0.3 is 10.6 Å². The molecular formula is C19H17N3O3S. The van der Waals surface area contributed by atoms with Crippen molar-refractivity contribution in [3.05, 3.63) is 92.2 Å². The van der Waals surface area contributed by atoms with Crippen LogP contribution in [0.25, 0.3) is 0 Å². The molecule has 132 valence electrons. The normalized spacial score (nSPS) is 11.6. The smallest absolute Gasteiger partial charge is 0.320 e. The lowest BCUT2D eigenvalue weighted by Crippen LogP contribution is -2.32. The minimum atomic E-state index is -0.496. The van der Waals surface area contributed by atoms with E-state index in [9.17, 15) is 14.9 Å². The maximum atomic E-state index is 12.5. The highest BCUT2D eigenvalue weighted by Gasteiger charge is 2.18. The molecule has 0 saturated heterocycles. The highest BCUT2D eigenvalue weighted by atomic mass is 32.1. The summed E-state index contributed by atoms with van der Waals surface area (Å²) in [6.45, 7) is 2.01. The predicted molar refractivity (Wildman–Crippen MR) is 103 cm³/mol. The van der Waals surface area contributed by atoms with E-state index in [1.807, 2.05) is 48.7 Å². The van der Waals surface area contributed by atoms with Gasteiger partial charge in [0.15, 0.2) is 0 Å². The minimum Gasteiger partial charge on any atom is -0.326 e. The number of benzene rings is 2. The zero-order valence-electron chi connectivity index (χ0n) is 14.0. The predicted octanol–water partition coefficient (Wildman–Crippen LogP) is 4.88. The summed E-state index contributed by atoms with van der Waals surface area (Å²) in [6, 6.07) is 17.0. The van der Waals surface area contributed by atoms with Gasteiger partial charge in [0.2, 0.25) is 0 Å². The van der Waals surface area contributed by atoms with Gasteiger partial charge in [-0.05, 0) is 30.0 Å². The van der Waals surface area contributed by atoms with E-state index in [-0.39, 0.29) is 11.7 Å². The number of hydrogen-bond donors (Lipinski definition) is 2. The zero-order chi connectivity index (χ0) is 18.5. The fraction of sp³-hybridized carbons (Fsp3) is 0.105. The molecule has 3 aromatic rings. The first kappa shape index (κ1) is 17.6. The van der Waals surface area contributed by atoms with Gasteiger partial charge in [-0.2, -0.15) is 0 Å². The number of hydrogen-bond acceptors (Lipinski definition) is 4. The number of nitrogens with one attached hydrogen (secondary N) is 2. The molecule has 0 saturated carbocycles. The summed E-state index contributed by atoms with van der Waals surface area (Å²) in [5.74, 6) is 0. The van der Waals surface area contributed by atoms with Gasteiger partial charge >= 0.3 is 6.03 Å². The Morgan fingerprint density at radius 3 is 2.54 bits per heavy atom. The van der Waals surface area contributed by atoms with E-state index in [4.69, 9.17) is 0 Å². The van der Waals surface area contributed by atoms with Gasteiger partial charge in [0, 0.05) is 22.7 Å². The fourth-order valence-electron chi connectivity index (χ4n) is 2.53. The molecule has 2 aromatic carbocycles. The maximum Gasteiger partial charge on any atom is 0.320 e. The second-order valence-corrected chi connectivity index (χ2v) is 6.74. The molecule has 0 bridgehead atoms. The standard InChI is InChI=1S/C19H17N3O3S/c1-13-7-9-14(10-8-13)18(17-6-3-11-26-17)21-19(23)20-15-4-2-5-16(12-15)22(24)25/h2-12,18H,1H3,(H2,20,21,23)/t18-/m1/s1. The second-order valence-electron chi connectivity index (χ2n) is 5.77. The molecule has 0 aliphatic carbocycles. The van der Waals surface area contributed by atoms with Crippen LogP contribution in [0.15, 0.2) is 66.0 Å². The average molecular weight is 367 g/mol. The SMILES string of the molecule is Cc1ccc([C@@H](NC(=O)Nc2cccc([N+](=O)[O-])c2)c2cccs2)cc1. The summed E-state index contributed by atoms with van der Waals surface area (Å²) in [5.41, 5.74) is 2.40. The largest absolute Gasteiger partial charge is 0.326 e. The summed E-state index contributed by atoms with van der Waals surface area (Å²) in [5, 5.41) is 18.4. The molecule has 0 spiro atoms. The van der Waals surface area contributed by atoms with E-state index < -0.39 is 11.0 Å². The van der Waals surface area contributed by atoms with Crippen molar-refractivity contribution in [3.63, 3.8) is 0 Å². The Hall–Kier alpha value is -3.19. The van der Waals surface area contributed by atoms with Crippen LogP contribution < -0.4 is 10.6 Å². The number of rotatable bonds is 5. The lowest BCUT2D eigenvalue weighted by atomic mass is 10.0. The number of nitro benzene ring substituents is 1. The molecule has 2 amide bonds. The highest BCUT2D eigenvalue weighted by molar-refractivity contribution is 7.10. The maximum absolute atomic E-state index is 12.5. The Morgan fingerprint density at radius 2 is 1.88 bits per heavy atom. The molecule has 6 nitrogen and oxygen atoms in total. The van der Waals surface area contributed by atoms with E-state index in [2.05, 4.69) is 10.6 Å². The third-order valence-electron chi connectivity index (χ3n) is 3.83. The molecule has 0 radical (unpaired) electrons. The molecular weight excluding hydrogens is 350 g/mol. The van der Waals surface area contributed by atoms with Gasteiger partial charge in [0.25, 0.3) is 5.69 Å². The molecule has 0 aliphatic rings. The Balaban J connectivity index is 1.78. The molecule has 1 atom stereocenters. The monoisotopic (exact) mass is 367 g/mol. The average Bonchev–Trinajstić information content (AvgIpc) is 3.15. The molecule has 7 heteroatoms. The summed E-state index contributed by atoms with van der Waals surface area (Å²) in [4.78, 5) is 23.8. The fourth-order valence-corrected chi connectivity index (χ4v) is 3.33. The summed E-state index contributed by atoms with van der Waals surface area (Å²) < 4.78 is 0. The number of carbonyl (C=O) groups is 1. The quantitative estimate of drug-likeness (QED) is 0.498. The van der Waals surface area contributed by atoms with Crippen molar-refractivity contribution in [2.75, 3.05) is 5.32 Å². The van der Waals surface area contributed by atoms with Crippen LogP contribution in [-0.2, 0) is 0 Å². The molecule has 1 aromatic heterocycles. The molecule has 0 unspecified atom stereocenters. The molecule has 3 rings (SSSR count). The Labute approximate surface area is 154 Å². The number of aryl methyl sites for hydroxylation is 1. The van der Waals surface area contributed by atoms with Crippen molar-refractivity contribution in [2.24, 2.45) is 0 Å². The first-order valence-electron chi connectivity index (χ1n) is 7.95. The number of urea groups is 1. The van der Waals surface area contributed by atoms with Crippen molar-refractivity contribution in [1.82, 2.24) is 5.32 Å². The van der Waals surface area contributed by atoms with Crippen molar-refractivity contribution < 1.29 is 9.72 Å². The van der Waals surface area contributed by atoms with Crippen LogP contribution in [0.2, 0.25) is 0 Å².